The second kappa shape index (κ2) is 6.42. The highest BCUT2D eigenvalue weighted by molar-refractivity contribution is 7.80. The lowest BCUT2D eigenvalue weighted by molar-refractivity contribution is -0.148. The molecule has 1 amide bonds. The van der Waals surface area contributed by atoms with Crippen molar-refractivity contribution in [2.45, 2.75) is 19.4 Å². The molecule has 0 rings (SSSR count). The molecule has 0 aromatic carbocycles. The lowest BCUT2D eigenvalue weighted by Gasteiger charge is -2.25. The first-order chi connectivity index (χ1) is 6.54. The predicted octanol–water partition coefficient (Wildman–Crippen LogP) is -0.193. The Morgan fingerprint density at radius 2 is 2.14 bits per heavy atom. The van der Waals surface area contributed by atoms with Crippen molar-refractivity contribution in [1.29, 1.82) is 0 Å². The number of carboxylic acids is 1. The third kappa shape index (κ3) is 3.78. The van der Waals surface area contributed by atoms with E-state index in [1.54, 1.807) is 0 Å². The Morgan fingerprint density at radius 1 is 1.57 bits per heavy atom. The van der Waals surface area contributed by atoms with Crippen LogP contribution < -0.4 is 0 Å². The monoisotopic (exact) mass is 219 g/mol. The normalized spacial score (nSPS) is 11.9. The van der Waals surface area contributed by atoms with Gasteiger partial charge in [0.1, 0.15) is 12.3 Å². The maximum Gasteiger partial charge on any atom is 0.327 e. The quantitative estimate of drug-likeness (QED) is 0.479. The molecular weight excluding hydrogens is 206 g/mol. The molecule has 80 valence electrons. The van der Waals surface area contributed by atoms with Crippen molar-refractivity contribution in [2.24, 2.45) is 0 Å². The Balaban J connectivity index is 4.51. The van der Waals surface area contributed by atoms with E-state index < -0.39 is 12.0 Å². The van der Waals surface area contributed by atoms with Crippen LogP contribution in [0.3, 0.4) is 0 Å². The second-order valence-corrected chi connectivity index (χ2v) is 3.07. The Hall–Kier alpha value is -1.04. The molecule has 0 spiro atoms. The summed E-state index contributed by atoms with van der Waals surface area (Å²) in [5.74, 6) is -1.44. The van der Waals surface area contributed by atoms with Crippen LogP contribution in [0.4, 0.5) is 0 Å². The minimum atomic E-state index is -1.11. The molecule has 0 fully saturated rings. The predicted molar refractivity (Wildman–Crippen MR) is 53.3 cm³/mol. The van der Waals surface area contributed by atoms with Crippen molar-refractivity contribution in [1.82, 2.24) is 4.90 Å². The standard InChI is InChI=1S/C8H13NO4S/c1-6(11)9(3-2-4-10)7(5-14)8(12)13/h4,7,14H,2-3,5H2,1H3,(H,12,13)/t7-/m0/s1. The van der Waals surface area contributed by atoms with Crippen molar-refractivity contribution >= 4 is 30.8 Å². The Morgan fingerprint density at radius 3 is 2.43 bits per heavy atom. The van der Waals surface area contributed by atoms with Gasteiger partial charge in [-0.05, 0) is 0 Å². The number of aldehydes is 1. The van der Waals surface area contributed by atoms with Gasteiger partial charge < -0.3 is 14.8 Å². The molecule has 0 aromatic heterocycles. The highest BCUT2D eigenvalue weighted by Crippen LogP contribution is 2.03. The molecule has 0 heterocycles. The van der Waals surface area contributed by atoms with Gasteiger partial charge in [0, 0.05) is 25.6 Å². The minimum Gasteiger partial charge on any atom is -0.480 e. The summed E-state index contributed by atoms with van der Waals surface area (Å²) in [6.45, 7) is 1.39. The number of aliphatic carboxylic acids is 1. The van der Waals surface area contributed by atoms with Crippen LogP contribution in [0.1, 0.15) is 13.3 Å². The van der Waals surface area contributed by atoms with Crippen molar-refractivity contribution in [3.8, 4) is 0 Å². The van der Waals surface area contributed by atoms with Crippen LogP contribution in [0, 0.1) is 0 Å². The molecule has 1 N–H and O–H groups in total. The first-order valence-electron chi connectivity index (χ1n) is 4.09. The van der Waals surface area contributed by atoms with Gasteiger partial charge in [-0.1, -0.05) is 0 Å². The zero-order chi connectivity index (χ0) is 11.1. The van der Waals surface area contributed by atoms with Crippen LogP contribution in [0.5, 0.6) is 0 Å². The first-order valence-corrected chi connectivity index (χ1v) is 4.72. The van der Waals surface area contributed by atoms with Gasteiger partial charge in [-0.15, -0.1) is 0 Å². The highest BCUT2D eigenvalue weighted by atomic mass is 32.1. The third-order valence-electron chi connectivity index (χ3n) is 1.73. The second-order valence-electron chi connectivity index (χ2n) is 2.70. The van der Waals surface area contributed by atoms with Crippen LogP contribution in [-0.4, -0.2) is 46.5 Å². The number of nitrogens with zero attached hydrogens (tertiary/aromatic N) is 1. The fraction of sp³-hybridized carbons (Fsp3) is 0.625. The van der Waals surface area contributed by atoms with Gasteiger partial charge in [-0.3, -0.25) is 4.79 Å². The summed E-state index contributed by atoms with van der Waals surface area (Å²) < 4.78 is 0. The minimum absolute atomic E-state index is 0.0355. The fourth-order valence-corrected chi connectivity index (χ4v) is 1.39. The highest BCUT2D eigenvalue weighted by Gasteiger charge is 2.25. The van der Waals surface area contributed by atoms with E-state index in [9.17, 15) is 14.4 Å². The average Bonchev–Trinajstić information content (AvgIpc) is 2.10. The lowest BCUT2D eigenvalue weighted by atomic mass is 10.2. The molecule has 0 aromatic rings. The van der Waals surface area contributed by atoms with Crippen molar-refractivity contribution in [3.63, 3.8) is 0 Å². The van der Waals surface area contributed by atoms with Gasteiger partial charge in [0.2, 0.25) is 5.91 Å². The molecule has 0 radical (unpaired) electrons. The van der Waals surface area contributed by atoms with Crippen LogP contribution in [0.25, 0.3) is 0 Å². The Labute approximate surface area is 87.5 Å². The molecule has 0 aliphatic heterocycles. The molecule has 0 aliphatic rings. The number of rotatable bonds is 6. The molecule has 0 saturated carbocycles. The van der Waals surface area contributed by atoms with E-state index in [1.807, 2.05) is 0 Å². The van der Waals surface area contributed by atoms with E-state index in [0.29, 0.717) is 6.29 Å². The Bertz CT molecular complexity index is 231. The number of carboxylic acid groups (broad SMARTS) is 1. The van der Waals surface area contributed by atoms with E-state index >= 15 is 0 Å². The van der Waals surface area contributed by atoms with Crippen LogP contribution >= 0.6 is 12.6 Å². The van der Waals surface area contributed by atoms with E-state index in [4.69, 9.17) is 5.11 Å². The largest absolute Gasteiger partial charge is 0.480 e. The average molecular weight is 219 g/mol. The van der Waals surface area contributed by atoms with E-state index in [2.05, 4.69) is 12.6 Å². The van der Waals surface area contributed by atoms with E-state index in [1.165, 1.54) is 6.92 Å². The number of amides is 1. The SMILES string of the molecule is CC(=O)N(CCC=O)[C@@H](CS)C(=O)O. The summed E-state index contributed by atoms with van der Waals surface area (Å²) in [7, 11) is 0. The third-order valence-corrected chi connectivity index (χ3v) is 2.07. The van der Waals surface area contributed by atoms with Crippen molar-refractivity contribution in [2.75, 3.05) is 12.3 Å². The molecular formula is C8H13NO4S. The Kier molecular flexibility index (Phi) is 5.94. The molecule has 14 heavy (non-hydrogen) atoms. The van der Waals surface area contributed by atoms with Gasteiger partial charge in [-0.25, -0.2) is 4.79 Å². The summed E-state index contributed by atoms with van der Waals surface area (Å²) in [5.41, 5.74) is 0. The molecule has 1 atom stereocenters. The zero-order valence-corrected chi connectivity index (χ0v) is 8.74. The van der Waals surface area contributed by atoms with Crippen LogP contribution in [0.15, 0.2) is 0 Å². The molecule has 0 aliphatic carbocycles. The van der Waals surface area contributed by atoms with Gasteiger partial charge in [0.25, 0.3) is 0 Å². The van der Waals surface area contributed by atoms with Crippen LogP contribution in [0.2, 0.25) is 0 Å². The van der Waals surface area contributed by atoms with Gasteiger partial charge in [0.15, 0.2) is 0 Å². The number of carbonyl (C=O) groups is 3. The molecule has 0 unspecified atom stereocenters. The van der Waals surface area contributed by atoms with Gasteiger partial charge in [-0.2, -0.15) is 12.6 Å². The van der Waals surface area contributed by atoms with E-state index in [0.717, 1.165) is 4.90 Å². The number of thiol groups is 1. The maximum absolute atomic E-state index is 11.1. The fourth-order valence-electron chi connectivity index (χ4n) is 1.03. The topological polar surface area (TPSA) is 74.7 Å². The molecule has 0 saturated heterocycles. The van der Waals surface area contributed by atoms with Gasteiger partial charge in [0.05, 0.1) is 0 Å². The van der Waals surface area contributed by atoms with Crippen molar-refractivity contribution in [3.05, 3.63) is 0 Å². The maximum atomic E-state index is 11.1. The van der Waals surface area contributed by atoms with Gasteiger partial charge >= 0.3 is 5.97 Å². The van der Waals surface area contributed by atoms with E-state index in [-0.39, 0.29) is 24.6 Å². The number of hydrogen-bond donors (Lipinski definition) is 2. The molecule has 5 nitrogen and oxygen atoms in total. The summed E-state index contributed by atoms with van der Waals surface area (Å²) in [4.78, 5) is 33.0. The van der Waals surface area contributed by atoms with Crippen LogP contribution in [-0.2, 0) is 14.4 Å². The smallest absolute Gasteiger partial charge is 0.327 e. The summed E-state index contributed by atoms with van der Waals surface area (Å²) in [6, 6.07) is -0.962. The molecule has 6 heteroatoms. The zero-order valence-electron chi connectivity index (χ0n) is 7.84. The summed E-state index contributed by atoms with van der Waals surface area (Å²) in [5, 5.41) is 8.76. The first kappa shape index (κ1) is 13.0. The number of hydrogen-bond acceptors (Lipinski definition) is 4. The van der Waals surface area contributed by atoms with Crippen molar-refractivity contribution < 1.29 is 19.5 Å². The lowest BCUT2D eigenvalue weighted by Crippen LogP contribution is -2.45. The molecule has 0 bridgehead atoms. The summed E-state index contributed by atoms with van der Waals surface area (Å²) >= 11 is 3.85. The number of carbonyl (C=O) groups excluding carboxylic acids is 2. The summed E-state index contributed by atoms with van der Waals surface area (Å²) in [6.07, 6.45) is 0.782.